The highest BCUT2D eigenvalue weighted by Gasteiger charge is 2.15. The summed E-state index contributed by atoms with van der Waals surface area (Å²) < 4.78 is 2.22. The molecule has 8 heteroatoms. The Morgan fingerprint density at radius 1 is 1.07 bits per heavy atom. The Kier molecular flexibility index (Phi) is 5.06. The summed E-state index contributed by atoms with van der Waals surface area (Å²) in [5.74, 6) is 0. The topological polar surface area (TPSA) is 75.4 Å². The molecule has 0 saturated carbocycles. The minimum absolute atomic E-state index is 0.267. The van der Waals surface area contributed by atoms with Crippen LogP contribution in [0.2, 0.25) is 0 Å². The maximum atomic E-state index is 12.8. The Labute approximate surface area is 173 Å². The summed E-state index contributed by atoms with van der Waals surface area (Å²) in [4.78, 5) is 17.4. The largest absolute Gasteiger partial charge is 0.301 e. The molecule has 0 radical (unpaired) electrons. The van der Waals surface area contributed by atoms with E-state index in [9.17, 15) is 4.79 Å². The van der Waals surface area contributed by atoms with Crippen LogP contribution in [0.5, 0.6) is 0 Å². The maximum absolute atomic E-state index is 12.8. The molecule has 0 aliphatic rings. The monoisotopic (exact) mass is 453 g/mol. The predicted octanol–water partition coefficient (Wildman–Crippen LogP) is 6.08. The van der Waals surface area contributed by atoms with Crippen LogP contribution in [0.15, 0.2) is 73.4 Å². The Bertz CT molecular complexity index is 1220. The highest BCUT2D eigenvalue weighted by atomic mass is 79.9. The van der Waals surface area contributed by atoms with Crippen molar-refractivity contribution >= 4 is 38.6 Å². The summed E-state index contributed by atoms with van der Waals surface area (Å²) in [5.41, 5.74) is 4.31. The van der Waals surface area contributed by atoms with Crippen molar-refractivity contribution in [1.82, 2.24) is 14.8 Å². The number of H-pyrrole nitrogens is 1. The van der Waals surface area contributed by atoms with Gasteiger partial charge in [-0.25, -0.2) is 4.98 Å². The fraction of sp³-hybridized carbons (Fsp3) is 0.100. The second kappa shape index (κ2) is 7.65. The number of nitrogens with zero attached hydrogens (tertiary/aromatic N) is 4. The van der Waals surface area contributed by atoms with Crippen molar-refractivity contribution in [3.05, 3.63) is 80.0 Å². The number of hydrogen-bond donors (Lipinski definition) is 1. The number of azo groups is 1. The minimum Gasteiger partial charge on any atom is -0.291 e. The van der Waals surface area contributed by atoms with Crippen LogP contribution in [-0.2, 0) is 0 Å². The number of halogens is 1. The van der Waals surface area contributed by atoms with Crippen molar-refractivity contribution in [2.75, 3.05) is 0 Å². The quantitative estimate of drug-likeness (QED) is 0.379. The van der Waals surface area contributed by atoms with Crippen molar-refractivity contribution in [3.63, 3.8) is 0 Å². The molecular weight excluding hydrogens is 438 g/mol. The summed E-state index contributed by atoms with van der Waals surface area (Å²) in [7, 11) is 0. The lowest BCUT2D eigenvalue weighted by atomic mass is 10.1. The molecule has 1 N–H and O–H groups in total. The number of aryl methyl sites for hydroxylation is 2. The lowest BCUT2D eigenvalue weighted by Crippen LogP contribution is -2.13. The van der Waals surface area contributed by atoms with Crippen molar-refractivity contribution < 1.29 is 0 Å². The van der Waals surface area contributed by atoms with Gasteiger partial charge in [-0.05, 0) is 41.9 Å². The summed E-state index contributed by atoms with van der Waals surface area (Å²) >= 11 is 4.82. The number of thiazole rings is 1. The van der Waals surface area contributed by atoms with Crippen LogP contribution in [0.4, 0.5) is 11.4 Å². The zero-order valence-electron chi connectivity index (χ0n) is 15.2. The van der Waals surface area contributed by atoms with E-state index in [1.165, 1.54) is 21.6 Å². The van der Waals surface area contributed by atoms with Crippen LogP contribution in [0.1, 0.15) is 11.3 Å². The van der Waals surface area contributed by atoms with Gasteiger partial charge in [0, 0.05) is 15.4 Å². The molecule has 0 spiro atoms. The van der Waals surface area contributed by atoms with Crippen molar-refractivity contribution in [2.24, 2.45) is 10.2 Å². The summed E-state index contributed by atoms with van der Waals surface area (Å²) in [6.45, 7) is 3.84. The first-order valence-electron chi connectivity index (χ1n) is 8.54. The third-order valence-electron chi connectivity index (χ3n) is 4.18. The molecule has 0 saturated heterocycles. The van der Waals surface area contributed by atoms with E-state index in [-0.39, 0.29) is 11.2 Å². The van der Waals surface area contributed by atoms with E-state index in [4.69, 9.17) is 0 Å². The molecule has 0 aliphatic carbocycles. The molecule has 6 nitrogen and oxygen atoms in total. The molecule has 4 rings (SSSR count). The highest BCUT2D eigenvalue weighted by Crippen LogP contribution is 2.27. The maximum Gasteiger partial charge on any atom is 0.301 e. The molecule has 2 aromatic carbocycles. The molecule has 0 bridgehead atoms. The first kappa shape index (κ1) is 18.5. The highest BCUT2D eigenvalue weighted by molar-refractivity contribution is 9.10. The average Bonchev–Trinajstić information content (AvgIpc) is 3.27. The van der Waals surface area contributed by atoms with Crippen molar-refractivity contribution in [2.45, 2.75) is 13.8 Å². The van der Waals surface area contributed by atoms with E-state index in [1.807, 2.05) is 60.8 Å². The number of nitrogens with one attached hydrogen (secondary N) is 1. The molecule has 2 heterocycles. The molecule has 28 heavy (non-hydrogen) atoms. The summed E-state index contributed by atoms with van der Waals surface area (Å²) in [6.07, 6.45) is 0. The van der Waals surface area contributed by atoms with Crippen molar-refractivity contribution in [3.8, 4) is 16.4 Å². The van der Waals surface area contributed by atoms with Crippen molar-refractivity contribution in [1.29, 1.82) is 0 Å². The molecule has 0 amide bonds. The number of benzene rings is 2. The normalized spacial score (nSPS) is 11.4. The number of aromatic amines is 1. The smallest absolute Gasteiger partial charge is 0.291 e. The van der Waals surface area contributed by atoms with Gasteiger partial charge >= 0.3 is 5.56 Å². The average molecular weight is 454 g/mol. The molecule has 140 valence electrons. The number of hydrogen-bond acceptors (Lipinski definition) is 5. The van der Waals surface area contributed by atoms with E-state index in [2.05, 4.69) is 36.2 Å². The zero-order chi connectivity index (χ0) is 19.7. The SMILES string of the molecule is Cc1ccc(-c2csc(-n3[nH]c(C)c(N=Nc4ccccc4Br)c3=O)n2)cc1. The Morgan fingerprint density at radius 2 is 1.82 bits per heavy atom. The van der Waals surface area contributed by atoms with Crippen LogP contribution in [0.3, 0.4) is 0 Å². The van der Waals surface area contributed by atoms with E-state index in [1.54, 1.807) is 6.92 Å². The van der Waals surface area contributed by atoms with Gasteiger partial charge in [-0.3, -0.25) is 9.89 Å². The van der Waals surface area contributed by atoms with Gasteiger partial charge < -0.3 is 0 Å². The fourth-order valence-electron chi connectivity index (χ4n) is 2.65. The van der Waals surface area contributed by atoms with Gasteiger partial charge in [0.05, 0.1) is 17.1 Å². The van der Waals surface area contributed by atoms with E-state index >= 15 is 0 Å². The second-order valence-electron chi connectivity index (χ2n) is 6.26. The van der Waals surface area contributed by atoms with Crippen LogP contribution in [-0.4, -0.2) is 14.8 Å². The van der Waals surface area contributed by atoms with Crippen LogP contribution < -0.4 is 5.56 Å². The summed E-state index contributed by atoms with van der Waals surface area (Å²) in [6, 6.07) is 15.6. The fourth-order valence-corrected chi connectivity index (χ4v) is 3.81. The Morgan fingerprint density at radius 3 is 2.57 bits per heavy atom. The van der Waals surface area contributed by atoms with Crippen LogP contribution >= 0.6 is 27.3 Å². The van der Waals surface area contributed by atoms with E-state index < -0.39 is 0 Å². The van der Waals surface area contributed by atoms with Gasteiger partial charge in [0.25, 0.3) is 0 Å². The molecular formula is C20H16BrN5OS. The molecule has 0 unspecified atom stereocenters. The third-order valence-corrected chi connectivity index (χ3v) is 5.68. The Hall–Kier alpha value is -2.84. The van der Waals surface area contributed by atoms with E-state index in [0.29, 0.717) is 16.5 Å². The molecule has 0 fully saturated rings. The lowest BCUT2D eigenvalue weighted by molar-refractivity contribution is 0.827. The first-order valence-corrected chi connectivity index (χ1v) is 10.2. The Balaban J connectivity index is 1.67. The van der Waals surface area contributed by atoms with Gasteiger partial charge in [0.15, 0.2) is 5.69 Å². The second-order valence-corrected chi connectivity index (χ2v) is 7.95. The van der Waals surface area contributed by atoms with Crippen LogP contribution in [0, 0.1) is 13.8 Å². The van der Waals surface area contributed by atoms with Gasteiger partial charge in [0.1, 0.15) is 0 Å². The van der Waals surface area contributed by atoms with E-state index in [0.717, 1.165) is 15.7 Å². The lowest BCUT2D eigenvalue weighted by Gasteiger charge is -1.97. The predicted molar refractivity (Wildman–Crippen MR) is 115 cm³/mol. The van der Waals surface area contributed by atoms with Gasteiger partial charge in [-0.1, -0.05) is 42.0 Å². The molecule has 0 aliphatic heterocycles. The first-order chi connectivity index (χ1) is 13.5. The number of aromatic nitrogens is 3. The zero-order valence-corrected chi connectivity index (χ0v) is 17.6. The number of rotatable bonds is 4. The van der Waals surface area contributed by atoms with Gasteiger partial charge in [-0.15, -0.1) is 21.6 Å². The molecule has 0 atom stereocenters. The third kappa shape index (κ3) is 3.61. The minimum atomic E-state index is -0.280. The summed E-state index contributed by atoms with van der Waals surface area (Å²) in [5, 5.41) is 13.9. The molecule has 2 aromatic heterocycles. The van der Waals surface area contributed by atoms with Gasteiger partial charge in [0.2, 0.25) is 5.13 Å². The van der Waals surface area contributed by atoms with Gasteiger partial charge in [-0.2, -0.15) is 4.68 Å². The van der Waals surface area contributed by atoms with Crippen LogP contribution in [0.25, 0.3) is 16.4 Å². The molecule has 4 aromatic rings. The standard InChI is InChI=1S/C20H16BrN5OS/c1-12-7-9-14(10-8-12)17-11-28-20(22-17)26-19(27)18(13(2)25-26)24-23-16-6-4-3-5-15(16)21/h3-11,25H,1-2H3.